The third-order valence-electron chi connectivity index (χ3n) is 10.9. The van der Waals surface area contributed by atoms with Crippen molar-refractivity contribution in [2.75, 3.05) is 0 Å². The third-order valence-corrected chi connectivity index (χ3v) is 12.0. The van der Waals surface area contributed by atoms with Gasteiger partial charge < -0.3 is 0 Å². The topological polar surface area (TPSA) is 25.8 Å². The Balaban J connectivity index is 1.16. The molecule has 2 aromatic heterocycles. The van der Waals surface area contributed by atoms with Crippen molar-refractivity contribution in [3.63, 3.8) is 0 Å². The molecule has 0 unspecified atom stereocenters. The Morgan fingerprint density at radius 2 is 0.909 bits per heavy atom. The van der Waals surface area contributed by atoms with E-state index in [4.69, 9.17) is 9.97 Å². The van der Waals surface area contributed by atoms with Crippen LogP contribution in [0.5, 0.6) is 0 Å². The fourth-order valence-electron chi connectivity index (χ4n) is 8.22. The summed E-state index contributed by atoms with van der Waals surface area (Å²) in [5, 5.41) is 9.69. The summed E-state index contributed by atoms with van der Waals surface area (Å²) < 4.78 is 2.59. The Labute approximate surface area is 322 Å². The zero-order valence-electron chi connectivity index (χ0n) is 29.8. The number of aromatic nitrogens is 2. The van der Waals surface area contributed by atoms with Gasteiger partial charge in [0.2, 0.25) is 0 Å². The number of hydrogen-bond donors (Lipinski definition) is 0. The molecule has 0 aliphatic carbocycles. The van der Waals surface area contributed by atoms with Crippen LogP contribution in [0, 0.1) is 0 Å². The number of thiophene rings is 1. The van der Waals surface area contributed by atoms with Gasteiger partial charge in [-0.3, -0.25) is 0 Å². The normalized spacial score (nSPS) is 11.6. The van der Waals surface area contributed by atoms with Crippen LogP contribution in [0.1, 0.15) is 0 Å². The second kappa shape index (κ2) is 12.9. The van der Waals surface area contributed by atoms with Crippen LogP contribution in [-0.2, 0) is 0 Å². The Hall–Kier alpha value is -6.94. The van der Waals surface area contributed by atoms with Crippen LogP contribution in [0.3, 0.4) is 0 Å². The van der Waals surface area contributed by atoms with Crippen molar-refractivity contribution >= 4 is 63.8 Å². The zero-order chi connectivity index (χ0) is 36.3. The molecule has 3 heteroatoms. The molecule has 0 bridgehead atoms. The molecule has 0 fully saturated rings. The first-order valence-electron chi connectivity index (χ1n) is 18.6. The third kappa shape index (κ3) is 5.40. The molecule has 0 N–H and O–H groups in total. The Bertz CT molecular complexity index is 3250. The van der Waals surface area contributed by atoms with Gasteiger partial charge in [-0.2, -0.15) is 0 Å². The molecule has 0 spiro atoms. The summed E-state index contributed by atoms with van der Waals surface area (Å²) in [7, 11) is 0. The Morgan fingerprint density at radius 1 is 0.309 bits per heavy atom. The highest BCUT2D eigenvalue weighted by Gasteiger charge is 2.19. The van der Waals surface area contributed by atoms with Gasteiger partial charge in [0.25, 0.3) is 0 Å². The molecule has 9 aromatic carbocycles. The van der Waals surface area contributed by atoms with Crippen LogP contribution in [-0.4, -0.2) is 9.97 Å². The molecule has 256 valence electrons. The van der Waals surface area contributed by atoms with Crippen molar-refractivity contribution in [1.82, 2.24) is 9.97 Å². The molecule has 2 nitrogen and oxygen atoms in total. The minimum atomic E-state index is 0.714. The lowest BCUT2D eigenvalue weighted by molar-refractivity contribution is 1.19. The summed E-state index contributed by atoms with van der Waals surface area (Å²) in [6, 6.07) is 69.7. The van der Waals surface area contributed by atoms with Crippen LogP contribution < -0.4 is 0 Å². The molecule has 0 aliphatic rings. The molecule has 0 radical (unpaired) electrons. The molecule has 0 saturated heterocycles. The van der Waals surface area contributed by atoms with E-state index >= 15 is 0 Å². The standard InChI is InChI=1S/C52H32N2S/c1-2-12-33(13-3-1)34-22-24-36(25-23-34)47-32-48(42-19-9-8-17-40(42)38-27-28-44-43-20-10-11-21-49(43)55-50(44)31-38)54-52(53-47)51-41-18-7-5-15-37(41)30-46-39-16-6-4-14-35(39)26-29-45(46)51/h1-32H. The van der Waals surface area contributed by atoms with Gasteiger partial charge in [-0.1, -0.05) is 170 Å². The van der Waals surface area contributed by atoms with E-state index in [9.17, 15) is 0 Å². The molecule has 55 heavy (non-hydrogen) atoms. The summed E-state index contributed by atoms with van der Waals surface area (Å²) in [5.74, 6) is 0.714. The van der Waals surface area contributed by atoms with Crippen molar-refractivity contribution < 1.29 is 0 Å². The average Bonchev–Trinajstić information content (AvgIpc) is 3.64. The summed E-state index contributed by atoms with van der Waals surface area (Å²) in [6.45, 7) is 0. The van der Waals surface area contributed by atoms with Gasteiger partial charge in [-0.25, -0.2) is 9.97 Å². The minimum Gasteiger partial charge on any atom is -0.228 e. The van der Waals surface area contributed by atoms with Gasteiger partial charge in [0.1, 0.15) is 0 Å². The zero-order valence-corrected chi connectivity index (χ0v) is 30.6. The van der Waals surface area contributed by atoms with E-state index < -0.39 is 0 Å². The molecular formula is C52H32N2S. The van der Waals surface area contributed by atoms with Crippen LogP contribution in [0.2, 0.25) is 0 Å². The summed E-state index contributed by atoms with van der Waals surface area (Å²) >= 11 is 1.85. The highest BCUT2D eigenvalue weighted by atomic mass is 32.1. The maximum atomic E-state index is 5.52. The maximum absolute atomic E-state index is 5.52. The van der Waals surface area contributed by atoms with Crippen LogP contribution in [0.15, 0.2) is 194 Å². The largest absolute Gasteiger partial charge is 0.228 e. The van der Waals surface area contributed by atoms with Gasteiger partial charge >= 0.3 is 0 Å². The summed E-state index contributed by atoms with van der Waals surface area (Å²) in [6.07, 6.45) is 0. The Morgan fingerprint density at radius 3 is 1.76 bits per heavy atom. The van der Waals surface area contributed by atoms with Crippen LogP contribution in [0.4, 0.5) is 0 Å². The van der Waals surface area contributed by atoms with E-state index in [2.05, 4.69) is 194 Å². The van der Waals surface area contributed by atoms with E-state index in [-0.39, 0.29) is 0 Å². The van der Waals surface area contributed by atoms with E-state index in [0.717, 1.165) is 44.4 Å². The molecule has 11 aromatic rings. The van der Waals surface area contributed by atoms with Gasteiger partial charge in [-0.05, 0) is 78.8 Å². The monoisotopic (exact) mass is 716 g/mol. The smallest absolute Gasteiger partial charge is 0.161 e. The fourth-order valence-corrected chi connectivity index (χ4v) is 9.37. The number of fused-ring (bicyclic) bond motifs is 7. The van der Waals surface area contributed by atoms with Crippen molar-refractivity contribution in [2.45, 2.75) is 0 Å². The van der Waals surface area contributed by atoms with Crippen LogP contribution in [0.25, 0.3) is 109 Å². The second-order valence-corrected chi connectivity index (χ2v) is 15.2. The lowest BCUT2D eigenvalue weighted by Crippen LogP contribution is -1.98. The first-order chi connectivity index (χ1) is 27.2. The molecular weight excluding hydrogens is 685 g/mol. The lowest BCUT2D eigenvalue weighted by Gasteiger charge is -2.16. The molecule has 11 rings (SSSR count). The molecule has 0 amide bonds. The van der Waals surface area contributed by atoms with Crippen molar-refractivity contribution in [1.29, 1.82) is 0 Å². The van der Waals surface area contributed by atoms with Crippen molar-refractivity contribution in [3.8, 4) is 56.2 Å². The van der Waals surface area contributed by atoms with E-state index in [0.29, 0.717) is 5.82 Å². The maximum Gasteiger partial charge on any atom is 0.161 e. The van der Waals surface area contributed by atoms with Gasteiger partial charge in [0.15, 0.2) is 5.82 Å². The van der Waals surface area contributed by atoms with E-state index in [1.54, 1.807) is 0 Å². The van der Waals surface area contributed by atoms with Gasteiger partial charge in [-0.15, -0.1) is 11.3 Å². The quantitative estimate of drug-likeness (QED) is 0.131. The van der Waals surface area contributed by atoms with Crippen molar-refractivity contribution in [3.05, 3.63) is 194 Å². The predicted octanol–water partition coefficient (Wildman–Crippen LogP) is 14.6. The molecule has 0 aliphatic heterocycles. The highest BCUT2D eigenvalue weighted by Crippen LogP contribution is 2.42. The van der Waals surface area contributed by atoms with E-state index in [1.807, 2.05) is 11.3 Å². The first-order valence-corrected chi connectivity index (χ1v) is 19.5. The molecule has 0 atom stereocenters. The van der Waals surface area contributed by atoms with Gasteiger partial charge in [0.05, 0.1) is 11.4 Å². The summed E-state index contributed by atoms with van der Waals surface area (Å²) in [5.41, 5.74) is 9.62. The average molecular weight is 717 g/mol. The fraction of sp³-hybridized carbons (Fsp3) is 0. The minimum absolute atomic E-state index is 0.714. The molecule has 0 saturated carbocycles. The predicted molar refractivity (Wildman–Crippen MR) is 235 cm³/mol. The Kier molecular flexibility index (Phi) is 7.39. The molecule has 2 heterocycles. The number of hydrogen-bond acceptors (Lipinski definition) is 3. The van der Waals surface area contributed by atoms with Crippen molar-refractivity contribution in [2.24, 2.45) is 0 Å². The first kappa shape index (κ1) is 31.6. The SMILES string of the molecule is c1ccc(-c2ccc(-c3cc(-c4ccccc4-c4ccc5c(c4)sc4ccccc45)nc(-c4c5ccccc5cc5c4ccc4ccccc45)n3)cc2)cc1. The summed E-state index contributed by atoms with van der Waals surface area (Å²) in [4.78, 5) is 11.0. The number of benzene rings is 9. The lowest BCUT2D eigenvalue weighted by atomic mass is 9.92. The van der Waals surface area contributed by atoms with Crippen LogP contribution >= 0.6 is 11.3 Å². The second-order valence-electron chi connectivity index (χ2n) is 14.1. The van der Waals surface area contributed by atoms with Gasteiger partial charge in [0, 0.05) is 36.9 Å². The highest BCUT2D eigenvalue weighted by molar-refractivity contribution is 7.25. The number of rotatable bonds is 5. The van der Waals surface area contributed by atoms with E-state index in [1.165, 1.54) is 58.4 Å². The number of nitrogens with zero attached hydrogens (tertiary/aromatic N) is 2.